The molecule has 2 aromatic carbocycles. The molecule has 1 amide bonds. The van der Waals surface area contributed by atoms with E-state index in [4.69, 9.17) is 32.5 Å². The zero-order chi connectivity index (χ0) is 21.4. The summed E-state index contributed by atoms with van der Waals surface area (Å²) in [7, 11) is -3.81. The quantitative estimate of drug-likeness (QED) is 0.714. The lowest BCUT2D eigenvalue weighted by atomic mass is 9.84. The van der Waals surface area contributed by atoms with Crippen molar-refractivity contribution >= 4 is 27.3 Å². The molecule has 0 saturated carbocycles. The van der Waals surface area contributed by atoms with Crippen molar-refractivity contribution in [1.29, 1.82) is 0 Å². The van der Waals surface area contributed by atoms with Crippen LogP contribution in [-0.4, -0.2) is 31.9 Å². The summed E-state index contributed by atoms with van der Waals surface area (Å²) in [5, 5.41) is -0.735. The second kappa shape index (κ2) is 7.85. The van der Waals surface area contributed by atoms with Gasteiger partial charge in [0.05, 0.1) is 4.90 Å². The van der Waals surface area contributed by atoms with Crippen LogP contribution in [0.15, 0.2) is 47.4 Å². The van der Waals surface area contributed by atoms with Crippen molar-refractivity contribution in [3.63, 3.8) is 0 Å². The fourth-order valence-electron chi connectivity index (χ4n) is 3.42. The number of rotatable bonds is 6. The zero-order valence-corrected chi connectivity index (χ0v) is 17.7. The van der Waals surface area contributed by atoms with E-state index in [1.807, 2.05) is 13.8 Å². The molecule has 4 N–H and O–H groups in total. The Labute approximate surface area is 174 Å². The summed E-state index contributed by atoms with van der Waals surface area (Å²) in [6, 6.07) is 10.9. The van der Waals surface area contributed by atoms with Crippen molar-refractivity contribution in [2.75, 3.05) is 6.61 Å². The molecule has 7 nitrogen and oxygen atoms in total. The number of carbonyl (C=O) groups is 1. The van der Waals surface area contributed by atoms with Gasteiger partial charge in [0, 0.05) is 22.6 Å². The summed E-state index contributed by atoms with van der Waals surface area (Å²) >= 11 is 5.87. The Bertz CT molecular complexity index is 1020. The van der Waals surface area contributed by atoms with Crippen molar-refractivity contribution in [3.8, 4) is 11.5 Å². The normalized spacial score (nSPS) is 19.0. The van der Waals surface area contributed by atoms with E-state index < -0.39 is 32.6 Å². The molecule has 0 aromatic heterocycles. The van der Waals surface area contributed by atoms with Gasteiger partial charge in [-0.15, -0.1) is 0 Å². The van der Waals surface area contributed by atoms with Crippen molar-refractivity contribution < 1.29 is 22.7 Å². The van der Waals surface area contributed by atoms with Gasteiger partial charge >= 0.3 is 0 Å². The minimum absolute atomic E-state index is 0.113. The maximum Gasteiger partial charge on any atom is 0.255 e. The van der Waals surface area contributed by atoms with Gasteiger partial charge in [0.15, 0.2) is 16.4 Å². The Hall–Kier alpha value is -2.29. The number of primary amides is 1. The van der Waals surface area contributed by atoms with E-state index in [0.29, 0.717) is 28.5 Å². The summed E-state index contributed by atoms with van der Waals surface area (Å²) in [4.78, 5) is 11.1. The van der Waals surface area contributed by atoms with Crippen LogP contribution in [0, 0.1) is 0 Å². The number of benzene rings is 2. The molecule has 2 aromatic rings. The lowest BCUT2D eigenvalue weighted by Crippen LogP contribution is -2.44. The number of sulfone groups is 1. The van der Waals surface area contributed by atoms with Crippen LogP contribution in [0.2, 0.25) is 5.02 Å². The smallest absolute Gasteiger partial charge is 0.255 e. The van der Waals surface area contributed by atoms with Crippen LogP contribution >= 0.6 is 11.6 Å². The van der Waals surface area contributed by atoms with Crippen molar-refractivity contribution in [3.05, 3.63) is 53.1 Å². The van der Waals surface area contributed by atoms with Crippen LogP contribution < -0.4 is 20.9 Å². The fraction of sp³-hybridized carbons (Fsp3) is 0.350. The molecule has 2 unspecified atom stereocenters. The Kier molecular flexibility index (Phi) is 5.80. The number of carbonyl (C=O) groups excluding carboxylic acids is 1. The molecule has 0 spiro atoms. The minimum Gasteiger partial charge on any atom is -0.487 e. The molecule has 0 saturated heterocycles. The predicted octanol–water partition coefficient (Wildman–Crippen LogP) is 2.61. The summed E-state index contributed by atoms with van der Waals surface area (Å²) in [5.74, 6) is -0.236. The van der Waals surface area contributed by atoms with Gasteiger partial charge in [-0.1, -0.05) is 17.7 Å². The first kappa shape index (κ1) is 21.4. The van der Waals surface area contributed by atoms with E-state index >= 15 is 0 Å². The first-order chi connectivity index (χ1) is 13.5. The lowest BCUT2D eigenvalue weighted by molar-refractivity contribution is -0.119. The SMILES string of the molecule is CC1(C)CC(C(N)S(=O)(=O)c2ccc(Cl)cc2)c2ccc(OCC(N)=O)cc2O1. The van der Waals surface area contributed by atoms with Crippen molar-refractivity contribution in [1.82, 2.24) is 0 Å². The van der Waals surface area contributed by atoms with Gasteiger partial charge in [0.2, 0.25) is 0 Å². The van der Waals surface area contributed by atoms with E-state index in [2.05, 4.69) is 0 Å². The molecule has 9 heteroatoms. The van der Waals surface area contributed by atoms with E-state index in [0.717, 1.165) is 0 Å². The molecule has 0 bridgehead atoms. The highest BCUT2D eigenvalue weighted by Crippen LogP contribution is 2.45. The molecule has 29 heavy (non-hydrogen) atoms. The van der Waals surface area contributed by atoms with E-state index in [9.17, 15) is 13.2 Å². The summed E-state index contributed by atoms with van der Waals surface area (Å²) in [6.07, 6.45) is 0.412. The minimum atomic E-state index is -3.81. The number of amides is 1. The first-order valence-electron chi connectivity index (χ1n) is 8.99. The molecule has 0 fully saturated rings. The summed E-state index contributed by atoms with van der Waals surface area (Å²) in [6.45, 7) is 3.46. The monoisotopic (exact) mass is 438 g/mol. The average molecular weight is 439 g/mol. The molecule has 2 atom stereocenters. The van der Waals surface area contributed by atoms with Crippen molar-refractivity contribution in [2.45, 2.75) is 42.1 Å². The predicted molar refractivity (Wildman–Crippen MR) is 110 cm³/mol. The molecular weight excluding hydrogens is 416 g/mol. The molecule has 1 heterocycles. The second-order valence-corrected chi connectivity index (χ2v) is 10.1. The number of hydrogen-bond donors (Lipinski definition) is 2. The lowest BCUT2D eigenvalue weighted by Gasteiger charge is -2.39. The summed E-state index contributed by atoms with van der Waals surface area (Å²) in [5.41, 5.74) is 11.4. The Balaban J connectivity index is 1.97. The van der Waals surface area contributed by atoms with Crippen LogP contribution in [0.25, 0.3) is 0 Å². The van der Waals surface area contributed by atoms with Crippen LogP contribution in [-0.2, 0) is 14.6 Å². The average Bonchev–Trinajstić information content (AvgIpc) is 2.64. The number of nitrogens with two attached hydrogens (primary N) is 2. The largest absolute Gasteiger partial charge is 0.487 e. The van der Waals surface area contributed by atoms with Gasteiger partial charge in [-0.3, -0.25) is 4.79 Å². The zero-order valence-electron chi connectivity index (χ0n) is 16.1. The summed E-state index contributed by atoms with van der Waals surface area (Å²) < 4.78 is 37.6. The number of hydrogen-bond acceptors (Lipinski definition) is 6. The molecule has 3 rings (SSSR count). The Morgan fingerprint density at radius 1 is 1.28 bits per heavy atom. The number of ether oxygens (including phenoxy) is 2. The molecular formula is C20H23ClN2O5S. The third-order valence-electron chi connectivity index (χ3n) is 4.76. The third-order valence-corrected chi connectivity index (χ3v) is 6.99. The molecule has 1 aliphatic rings. The van der Waals surface area contributed by atoms with Crippen LogP contribution in [0.1, 0.15) is 31.7 Å². The van der Waals surface area contributed by atoms with Crippen LogP contribution in [0.4, 0.5) is 0 Å². The number of halogens is 1. The van der Waals surface area contributed by atoms with Gasteiger partial charge in [-0.05, 0) is 50.6 Å². The highest BCUT2D eigenvalue weighted by molar-refractivity contribution is 7.92. The van der Waals surface area contributed by atoms with Gasteiger partial charge in [-0.25, -0.2) is 8.42 Å². The van der Waals surface area contributed by atoms with Crippen molar-refractivity contribution in [2.24, 2.45) is 11.5 Å². The highest BCUT2D eigenvalue weighted by Gasteiger charge is 2.42. The third kappa shape index (κ3) is 4.66. The maximum atomic E-state index is 13.1. The second-order valence-electron chi connectivity index (χ2n) is 7.59. The molecule has 0 aliphatic carbocycles. The van der Waals surface area contributed by atoms with E-state index in [-0.39, 0.29) is 11.5 Å². The van der Waals surface area contributed by atoms with E-state index in [1.54, 1.807) is 18.2 Å². The van der Waals surface area contributed by atoms with Gasteiger partial charge < -0.3 is 20.9 Å². The molecule has 156 valence electrons. The molecule has 1 aliphatic heterocycles. The fourth-order valence-corrected chi connectivity index (χ4v) is 5.05. The number of fused-ring (bicyclic) bond motifs is 1. The molecule has 0 radical (unpaired) electrons. The van der Waals surface area contributed by atoms with E-state index in [1.165, 1.54) is 24.3 Å². The van der Waals surface area contributed by atoms with Crippen LogP contribution in [0.3, 0.4) is 0 Å². The van der Waals surface area contributed by atoms with Gasteiger partial charge in [0.25, 0.3) is 5.91 Å². The maximum absolute atomic E-state index is 13.1. The van der Waals surface area contributed by atoms with Crippen LogP contribution in [0.5, 0.6) is 11.5 Å². The standard InChI is InChI=1S/C20H23ClN2O5S/c1-20(2)10-16(19(23)29(25,26)14-6-3-12(21)4-7-14)15-8-5-13(9-17(15)28-20)27-11-18(22)24/h3-9,16,19H,10-11,23H2,1-2H3,(H2,22,24). The first-order valence-corrected chi connectivity index (χ1v) is 10.9. The topological polar surface area (TPSA) is 122 Å². The Morgan fingerprint density at radius 2 is 1.93 bits per heavy atom. The van der Waals surface area contributed by atoms with Gasteiger partial charge in [-0.2, -0.15) is 0 Å². The highest BCUT2D eigenvalue weighted by atomic mass is 35.5. The Morgan fingerprint density at radius 3 is 2.55 bits per heavy atom. The van der Waals surface area contributed by atoms with Gasteiger partial charge in [0.1, 0.15) is 22.5 Å².